The van der Waals surface area contributed by atoms with E-state index in [1.165, 1.54) is 0 Å². The first kappa shape index (κ1) is 19.4. The van der Waals surface area contributed by atoms with Gasteiger partial charge in [0.2, 0.25) is 9.84 Å². The highest BCUT2D eigenvalue weighted by atomic mass is 32.2. The van der Waals surface area contributed by atoms with Crippen molar-refractivity contribution >= 4 is 31.5 Å². The highest BCUT2D eigenvalue weighted by Gasteiger charge is 2.26. The molecule has 1 aromatic heterocycles. The summed E-state index contributed by atoms with van der Waals surface area (Å²) in [6.45, 7) is 1.29. The van der Waals surface area contributed by atoms with Gasteiger partial charge in [-0.2, -0.15) is 5.10 Å². The predicted octanol–water partition coefficient (Wildman–Crippen LogP) is 3.50. The molecule has 0 fully saturated rings. The smallest absolute Gasteiger partial charge is 0.226 e. The molecule has 0 bridgehead atoms. The number of hydrogen-bond acceptors (Lipinski definition) is 5. The van der Waals surface area contributed by atoms with Gasteiger partial charge in [-0.1, -0.05) is 36.4 Å². The van der Waals surface area contributed by atoms with Crippen LogP contribution in [0, 0.1) is 0 Å². The number of nitrogens with zero attached hydrogens (tertiary/aromatic N) is 3. The number of aromatic nitrogens is 2. The quantitative estimate of drug-likeness (QED) is 0.488. The highest BCUT2D eigenvalue weighted by Crippen LogP contribution is 2.33. The Bertz CT molecular complexity index is 1290. The Kier molecular flexibility index (Phi) is 5.02. The second-order valence-electron chi connectivity index (χ2n) is 7.24. The second-order valence-corrected chi connectivity index (χ2v) is 9.07. The van der Waals surface area contributed by atoms with E-state index in [2.05, 4.69) is 5.10 Å². The first-order valence-electron chi connectivity index (χ1n) is 9.35. The third-order valence-corrected chi connectivity index (χ3v) is 6.63. The summed E-state index contributed by atoms with van der Waals surface area (Å²) in [6.07, 6.45) is 0. The fourth-order valence-corrected chi connectivity index (χ4v) is 5.01. The molecule has 0 saturated carbocycles. The van der Waals surface area contributed by atoms with Gasteiger partial charge in [-0.3, -0.25) is 4.68 Å². The van der Waals surface area contributed by atoms with Gasteiger partial charge in [0.15, 0.2) is 5.03 Å². The molecule has 150 valence electrons. The maximum atomic E-state index is 13.6. The molecule has 0 unspecified atom stereocenters. The number of rotatable bonds is 6. The molecule has 0 aliphatic carbocycles. The van der Waals surface area contributed by atoms with Gasteiger partial charge in [0.05, 0.1) is 10.4 Å². The van der Waals surface area contributed by atoms with Crippen LogP contribution in [0.4, 0.5) is 0 Å². The number of ether oxygens (including phenoxy) is 1. The molecule has 6 nitrogen and oxygen atoms in total. The van der Waals surface area contributed by atoms with E-state index in [1.807, 2.05) is 61.5 Å². The zero-order valence-corrected chi connectivity index (χ0v) is 17.5. The number of sulfone groups is 1. The van der Waals surface area contributed by atoms with Crippen molar-refractivity contribution in [3.8, 4) is 5.75 Å². The Morgan fingerprint density at radius 1 is 1.00 bits per heavy atom. The summed E-state index contributed by atoms with van der Waals surface area (Å²) in [5, 5.41) is 6.53. The Morgan fingerprint density at radius 2 is 1.76 bits per heavy atom. The van der Waals surface area contributed by atoms with E-state index in [0.717, 1.165) is 17.4 Å². The second kappa shape index (κ2) is 7.50. The van der Waals surface area contributed by atoms with Gasteiger partial charge in [-0.05, 0) is 43.7 Å². The van der Waals surface area contributed by atoms with Gasteiger partial charge in [-0.25, -0.2) is 8.42 Å². The lowest BCUT2D eigenvalue weighted by Crippen LogP contribution is -2.19. The molecule has 1 heterocycles. The fraction of sp³-hybridized carbons (Fsp3) is 0.227. The molecular formula is C22H23N3O3S. The van der Waals surface area contributed by atoms with Crippen molar-refractivity contribution in [2.24, 2.45) is 7.05 Å². The van der Waals surface area contributed by atoms with Crippen LogP contribution < -0.4 is 4.74 Å². The van der Waals surface area contributed by atoms with E-state index in [4.69, 9.17) is 4.74 Å². The molecule has 3 aromatic carbocycles. The van der Waals surface area contributed by atoms with Crippen LogP contribution in [-0.4, -0.2) is 50.3 Å². The zero-order valence-electron chi connectivity index (χ0n) is 16.7. The molecule has 0 N–H and O–H groups in total. The maximum Gasteiger partial charge on any atom is 0.226 e. The average Bonchev–Trinajstić information content (AvgIpc) is 3.04. The molecule has 0 radical (unpaired) electrons. The molecule has 0 amide bonds. The van der Waals surface area contributed by atoms with Crippen molar-refractivity contribution in [1.82, 2.24) is 14.7 Å². The van der Waals surface area contributed by atoms with E-state index >= 15 is 0 Å². The Morgan fingerprint density at radius 3 is 2.55 bits per heavy atom. The third kappa shape index (κ3) is 3.59. The SMILES string of the molecule is CN(C)CCOc1ccc2c(c1)c(S(=O)(=O)c1cccc3ccccc13)nn2C. The minimum atomic E-state index is -3.82. The summed E-state index contributed by atoms with van der Waals surface area (Å²) in [6, 6.07) is 18.2. The van der Waals surface area contributed by atoms with Crippen molar-refractivity contribution in [3.05, 3.63) is 60.7 Å². The Labute approximate surface area is 170 Å². The summed E-state index contributed by atoms with van der Waals surface area (Å²) in [5.74, 6) is 0.627. The Balaban J connectivity index is 1.83. The highest BCUT2D eigenvalue weighted by molar-refractivity contribution is 7.91. The molecule has 0 saturated heterocycles. The monoisotopic (exact) mass is 409 g/mol. The van der Waals surface area contributed by atoms with Crippen LogP contribution in [0.15, 0.2) is 70.6 Å². The van der Waals surface area contributed by atoms with Crippen LogP contribution >= 0.6 is 0 Å². The maximum absolute atomic E-state index is 13.6. The fourth-order valence-electron chi connectivity index (χ4n) is 3.38. The third-order valence-electron chi connectivity index (χ3n) is 4.89. The van der Waals surface area contributed by atoms with Gasteiger partial charge in [0.25, 0.3) is 0 Å². The lowest BCUT2D eigenvalue weighted by atomic mass is 10.1. The van der Waals surface area contributed by atoms with E-state index in [9.17, 15) is 8.42 Å². The minimum absolute atomic E-state index is 0.0458. The van der Waals surface area contributed by atoms with Crippen LogP contribution in [0.25, 0.3) is 21.7 Å². The minimum Gasteiger partial charge on any atom is -0.492 e. The number of hydrogen-bond donors (Lipinski definition) is 0. The topological polar surface area (TPSA) is 64.4 Å². The standard InChI is InChI=1S/C22H23N3O3S/c1-24(2)13-14-28-17-11-12-20-19(15-17)22(23-25(20)3)29(26,27)21-10-6-8-16-7-4-5-9-18(16)21/h4-12,15H,13-14H2,1-3H3. The normalized spacial score (nSPS) is 12.1. The van der Waals surface area contributed by atoms with Crippen molar-refractivity contribution in [2.45, 2.75) is 9.92 Å². The summed E-state index contributed by atoms with van der Waals surface area (Å²) in [4.78, 5) is 2.29. The average molecular weight is 410 g/mol. The van der Waals surface area contributed by atoms with E-state index in [-0.39, 0.29) is 9.92 Å². The molecule has 0 aliphatic heterocycles. The number of fused-ring (bicyclic) bond motifs is 2. The number of likely N-dealkylation sites (N-methyl/N-ethyl adjacent to an activating group) is 1. The van der Waals surface area contributed by atoms with Gasteiger partial charge in [0, 0.05) is 24.4 Å². The molecular weight excluding hydrogens is 386 g/mol. The van der Waals surface area contributed by atoms with Crippen LogP contribution in [-0.2, 0) is 16.9 Å². The van der Waals surface area contributed by atoms with Crippen molar-refractivity contribution in [1.29, 1.82) is 0 Å². The molecule has 7 heteroatoms. The molecule has 4 rings (SSSR count). The Hall–Kier alpha value is -2.90. The van der Waals surface area contributed by atoms with Crippen molar-refractivity contribution in [2.75, 3.05) is 27.2 Å². The van der Waals surface area contributed by atoms with Crippen LogP contribution in [0.1, 0.15) is 0 Å². The lowest BCUT2D eigenvalue weighted by Gasteiger charge is -2.11. The summed E-state index contributed by atoms with van der Waals surface area (Å²) >= 11 is 0. The molecule has 4 aromatic rings. The molecule has 29 heavy (non-hydrogen) atoms. The van der Waals surface area contributed by atoms with Crippen molar-refractivity contribution in [3.63, 3.8) is 0 Å². The first-order valence-corrected chi connectivity index (χ1v) is 10.8. The number of benzene rings is 3. The van der Waals surface area contributed by atoms with E-state index in [1.54, 1.807) is 29.9 Å². The van der Waals surface area contributed by atoms with Crippen molar-refractivity contribution < 1.29 is 13.2 Å². The van der Waals surface area contributed by atoms with Gasteiger partial charge in [-0.15, -0.1) is 0 Å². The van der Waals surface area contributed by atoms with Crippen LogP contribution in [0.5, 0.6) is 5.75 Å². The summed E-state index contributed by atoms with van der Waals surface area (Å²) in [5.41, 5.74) is 0.740. The molecule has 0 aliphatic rings. The zero-order chi connectivity index (χ0) is 20.6. The molecule has 0 spiro atoms. The van der Waals surface area contributed by atoms with E-state index in [0.29, 0.717) is 23.1 Å². The van der Waals surface area contributed by atoms with E-state index < -0.39 is 9.84 Å². The predicted molar refractivity (Wildman–Crippen MR) is 114 cm³/mol. The van der Waals surface area contributed by atoms with Crippen LogP contribution in [0.2, 0.25) is 0 Å². The first-order chi connectivity index (χ1) is 13.9. The number of aryl methyl sites for hydroxylation is 1. The van der Waals surface area contributed by atoms with Crippen LogP contribution in [0.3, 0.4) is 0 Å². The summed E-state index contributed by atoms with van der Waals surface area (Å²) in [7, 11) is 1.88. The van der Waals surface area contributed by atoms with Gasteiger partial charge in [0.1, 0.15) is 12.4 Å². The summed E-state index contributed by atoms with van der Waals surface area (Å²) < 4.78 is 34.5. The molecule has 0 atom stereocenters. The largest absolute Gasteiger partial charge is 0.492 e. The lowest BCUT2D eigenvalue weighted by molar-refractivity contribution is 0.261. The van der Waals surface area contributed by atoms with Gasteiger partial charge >= 0.3 is 0 Å². The van der Waals surface area contributed by atoms with Gasteiger partial charge < -0.3 is 9.64 Å².